The first kappa shape index (κ1) is 23.9. The summed E-state index contributed by atoms with van der Waals surface area (Å²) in [4.78, 5) is 2.32. The number of hydrogen-bond donors (Lipinski definition) is 0. The molecule has 2 aliphatic carbocycles. The SMILES string of the molecule is CC1=C(/C=C/C2=C(Cl)C(=C/C=C3\N(C)c4ccccc4C3(C)C)/CCC2)C(C)(C)c2ccccc21. The molecule has 1 nitrogen and oxygen atoms in total. The van der Waals surface area contributed by atoms with Gasteiger partial charge in [0.05, 0.1) is 0 Å². The Kier molecular flexibility index (Phi) is 5.96. The Morgan fingerprint density at radius 3 is 2.23 bits per heavy atom. The number of para-hydroxylation sites is 1. The van der Waals surface area contributed by atoms with Crippen LogP contribution < -0.4 is 4.90 Å². The lowest BCUT2D eigenvalue weighted by atomic mass is 9.80. The number of likely N-dealkylation sites (N-methyl/N-ethyl adjacent to an activating group) is 1. The monoisotopic (exact) mass is 481 g/mol. The Bertz CT molecular complexity index is 1340. The molecule has 5 rings (SSSR count). The van der Waals surface area contributed by atoms with Crippen molar-refractivity contribution >= 4 is 22.9 Å². The molecule has 0 bridgehead atoms. The van der Waals surface area contributed by atoms with Gasteiger partial charge in [-0.15, -0.1) is 0 Å². The largest absolute Gasteiger partial charge is 0.347 e. The number of nitrogens with zero attached hydrogens (tertiary/aromatic N) is 1. The summed E-state index contributed by atoms with van der Waals surface area (Å²) in [6.45, 7) is 11.5. The molecule has 0 atom stereocenters. The Morgan fingerprint density at radius 2 is 1.51 bits per heavy atom. The second-order valence-electron chi connectivity index (χ2n) is 11.2. The molecule has 0 radical (unpaired) electrons. The lowest BCUT2D eigenvalue weighted by molar-refractivity contribution is 0.640. The summed E-state index contributed by atoms with van der Waals surface area (Å²) in [5.41, 5.74) is 12.0. The van der Waals surface area contributed by atoms with Crippen LogP contribution in [0.1, 0.15) is 70.6 Å². The highest BCUT2D eigenvalue weighted by molar-refractivity contribution is 6.32. The van der Waals surface area contributed by atoms with Crippen LogP contribution in [0.15, 0.2) is 100 Å². The molecule has 35 heavy (non-hydrogen) atoms. The fourth-order valence-corrected chi connectivity index (χ4v) is 6.64. The van der Waals surface area contributed by atoms with E-state index in [1.165, 1.54) is 50.4 Å². The molecule has 1 heterocycles. The number of fused-ring (bicyclic) bond motifs is 2. The van der Waals surface area contributed by atoms with Crippen molar-refractivity contribution in [2.75, 3.05) is 11.9 Å². The first-order valence-electron chi connectivity index (χ1n) is 12.8. The standard InChI is InChI=1S/C33H36ClN/c1-22-25-14-7-8-15-27(25)32(2,3)26(22)20-18-23-12-11-13-24(31(23)34)19-21-30-33(4,5)28-16-9-10-17-29(28)35(30)6/h7-10,14-21H,11-13H2,1-6H3/b20-18+,24-19+,30-21-. The summed E-state index contributed by atoms with van der Waals surface area (Å²) in [5, 5.41) is 0.923. The van der Waals surface area contributed by atoms with E-state index in [9.17, 15) is 0 Å². The van der Waals surface area contributed by atoms with Crippen molar-refractivity contribution in [2.45, 2.75) is 64.7 Å². The predicted octanol–water partition coefficient (Wildman–Crippen LogP) is 9.22. The number of benzene rings is 2. The van der Waals surface area contributed by atoms with Crippen molar-refractivity contribution in [3.63, 3.8) is 0 Å². The Labute approximate surface area is 216 Å². The molecule has 0 saturated carbocycles. The van der Waals surface area contributed by atoms with E-state index < -0.39 is 0 Å². The molecule has 0 spiro atoms. The number of hydrogen-bond acceptors (Lipinski definition) is 1. The first-order valence-corrected chi connectivity index (χ1v) is 13.1. The van der Waals surface area contributed by atoms with Crippen molar-refractivity contribution in [1.82, 2.24) is 0 Å². The van der Waals surface area contributed by atoms with E-state index in [1.54, 1.807) is 0 Å². The molecular weight excluding hydrogens is 446 g/mol. The summed E-state index contributed by atoms with van der Waals surface area (Å²) in [6.07, 6.45) is 12.3. The van der Waals surface area contributed by atoms with E-state index in [4.69, 9.17) is 11.6 Å². The van der Waals surface area contributed by atoms with Gasteiger partial charge in [0, 0.05) is 34.3 Å². The van der Waals surface area contributed by atoms with Gasteiger partial charge in [0.2, 0.25) is 0 Å². The fourth-order valence-electron chi connectivity index (χ4n) is 6.32. The minimum Gasteiger partial charge on any atom is -0.347 e. The predicted molar refractivity (Wildman–Crippen MR) is 152 cm³/mol. The third kappa shape index (κ3) is 3.85. The Hall–Kier alpha value is -2.77. The van der Waals surface area contributed by atoms with Gasteiger partial charge in [0.25, 0.3) is 0 Å². The first-order chi connectivity index (χ1) is 16.6. The van der Waals surface area contributed by atoms with Crippen LogP contribution in [0.2, 0.25) is 0 Å². The van der Waals surface area contributed by atoms with E-state index in [1.807, 2.05) is 0 Å². The zero-order chi connectivity index (χ0) is 25.0. The Morgan fingerprint density at radius 1 is 0.829 bits per heavy atom. The minimum absolute atomic E-state index is 0.00954. The van der Waals surface area contributed by atoms with Gasteiger partial charge in [-0.3, -0.25) is 0 Å². The molecule has 2 aromatic carbocycles. The second-order valence-corrected chi connectivity index (χ2v) is 11.6. The van der Waals surface area contributed by atoms with Crippen molar-refractivity contribution in [1.29, 1.82) is 0 Å². The van der Waals surface area contributed by atoms with Crippen LogP contribution in [0, 0.1) is 0 Å². The van der Waals surface area contributed by atoms with Crippen LogP contribution in [-0.4, -0.2) is 7.05 Å². The summed E-state index contributed by atoms with van der Waals surface area (Å²) < 4.78 is 0. The van der Waals surface area contributed by atoms with E-state index >= 15 is 0 Å². The average Bonchev–Trinajstić information content (AvgIpc) is 3.16. The second kappa shape index (κ2) is 8.71. The fraction of sp³-hybridized carbons (Fsp3) is 0.333. The number of halogens is 1. The zero-order valence-corrected chi connectivity index (χ0v) is 22.6. The zero-order valence-electron chi connectivity index (χ0n) is 21.9. The van der Waals surface area contributed by atoms with Gasteiger partial charge in [-0.1, -0.05) is 100.0 Å². The van der Waals surface area contributed by atoms with Crippen molar-refractivity contribution in [3.8, 4) is 0 Å². The number of allylic oxidation sites excluding steroid dienone is 10. The average molecular weight is 482 g/mol. The maximum Gasteiger partial charge on any atom is 0.0469 e. The maximum absolute atomic E-state index is 7.01. The molecule has 0 N–H and O–H groups in total. The molecule has 2 aromatic rings. The van der Waals surface area contributed by atoms with E-state index in [-0.39, 0.29) is 10.8 Å². The van der Waals surface area contributed by atoms with E-state index in [0.717, 1.165) is 24.3 Å². The van der Waals surface area contributed by atoms with Gasteiger partial charge in [-0.05, 0) is 77.3 Å². The van der Waals surface area contributed by atoms with Gasteiger partial charge >= 0.3 is 0 Å². The summed E-state index contributed by atoms with van der Waals surface area (Å²) >= 11 is 7.01. The molecule has 1 aliphatic heterocycles. The molecular formula is C33H36ClN. The quantitative estimate of drug-likeness (QED) is 0.422. The molecule has 0 aromatic heterocycles. The number of rotatable bonds is 3. The van der Waals surface area contributed by atoms with Crippen LogP contribution in [0.5, 0.6) is 0 Å². The third-order valence-electron chi connectivity index (χ3n) is 8.37. The van der Waals surface area contributed by atoms with Crippen LogP contribution in [-0.2, 0) is 10.8 Å². The third-order valence-corrected chi connectivity index (χ3v) is 8.86. The highest BCUT2D eigenvalue weighted by Crippen LogP contribution is 2.48. The molecule has 2 heteroatoms. The van der Waals surface area contributed by atoms with Crippen molar-refractivity contribution < 1.29 is 0 Å². The number of anilines is 1. The molecule has 0 unspecified atom stereocenters. The van der Waals surface area contributed by atoms with Gasteiger partial charge in [0.1, 0.15) is 0 Å². The molecule has 0 amide bonds. The van der Waals surface area contributed by atoms with Crippen molar-refractivity contribution in [2.24, 2.45) is 0 Å². The molecule has 3 aliphatic rings. The summed E-state index contributed by atoms with van der Waals surface area (Å²) in [6, 6.07) is 17.5. The van der Waals surface area contributed by atoms with Crippen molar-refractivity contribution in [3.05, 3.63) is 117 Å². The summed E-state index contributed by atoms with van der Waals surface area (Å²) in [5.74, 6) is 0. The molecule has 180 valence electrons. The molecule has 0 saturated heterocycles. The Balaban J connectivity index is 1.46. The van der Waals surface area contributed by atoms with Gasteiger partial charge in [-0.2, -0.15) is 0 Å². The lowest BCUT2D eigenvalue weighted by Crippen LogP contribution is -2.22. The van der Waals surface area contributed by atoms with E-state index in [0.29, 0.717) is 0 Å². The van der Waals surface area contributed by atoms with Crippen LogP contribution >= 0.6 is 11.6 Å². The van der Waals surface area contributed by atoms with Gasteiger partial charge in [0.15, 0.2) is 0 Å². The lowest BCUT2D eigenvalue weighted by Gasteiger charge is -2.24. The highest BCUT2D eigenvalue weighted by Gasteiger charge is 2.38. The topological polar surface area (TPSA) is 3.24 Å². The van der Waals surface area contributed by atoms with Crippen LogP contribution in [0.25, 0.3) is 5.57 Å². The van der Waals surface area contributed by atoms with E-state index in [2.05, 4.69) is 119 Å². The van der Waals surface area contributed by atoms with Gasteiger partial charge < -0.3 is 4.90 Å². The maximum atomic E-state index is 7.01. The van der Waals surface area contributed by atoms with Gasteiger partial charge in [-0.25, -0.2) is 0 Å². The van der Waals surface area contributed by atoms with Crippen LogP contribution in [0.3, 0.4) is 0 Å². The highest BCUT2D eigenvalue weighted by atomic mass is 35.5. The minimum atomic E-state index is -0.0247. The smallest absolute Gasteiger partial charge is 0.0469 e. The molecule has 0 fully saturated rings. The van der Waals surface area contributed by atoms with Crippen LogP contribution in [0.4, 0.5) is 5.69 Å². The normalized spacial score (nSPS) is 23.1. The summed E-state index contributed by atoms with van der Waals surface area (Å²) in [7, 11) is 2.17.